The SMILES string of the molecule is Cc1ccc(NC(=O)N[C@@H](Cc2cc(F)cc(F)c2)C(=O)N[C@@H]2C(=O)N3CCCC3C(=O)N(C)[C@@H]([C@H](C)O)C(=O)N[C@@H](C)C(=O)N3C[C@H](C)CC3C(=O)O[C@H]2C)cc1. The molecular weight excluding hydrogens is 760 g/mol. The minimum Gasteiger partial charge on any atom is -0.458 e. The number of anilines is 1. The van der Waals surface area contributed by atoms with Crippen LogP contribution >= 0.6 is 0 Å². The highest BCUT2D eigenvalue weighted by Gasteiger charge is 2.47. The Hall–Kier alpha value is -5.65. The van der Waals surface area contributed by atoms with Crippen molar-refractivity contribution in [3.63, 3.8) is 0 Å². The Morgan fingerprint density at radius 1 is 0.948 bits per heavy atom. The van der Waals surface area contributed by atoms with Gasteiger partial charge in [-0.25, -0.2) is 18.4 Å². The largest absolute Gasteiger partial charge is 0.458 e. The first-order valence-corrected chi connectivity index (χ1v) is 19.3. The molecule has 0 bridgehead atoms. The van der Waals surface area contributed by atoms with Gasteiger partial charge in [-0.15, -0.1) is 0 Å². The summed E-state index contributed by atoms with van der Waals surface area (Å²) in [7, 11) is 1.30. The second-order valence-electron chi connectivity index (χ2n) is 15.5. The number of benzene rings is 2. The van der Waals surface area contributed by atoms with Crippen LogP contribution in [0.1, 0.15) is 58.1 Å². The van der Waals surface area contributed by atoms with E-state index in [4.69, 9.17) is 4.74 Å². The lowest BCUT2D eigenvalue weighted by Gasteiger charge is -2.37. The Balaban J connectivity index is 1.51. The molecule has 0 aliphatic carbocycles. The second-order valence-corrected chi connectivity index (χ2v) is 15.5. The predicted octanol–water partition coefficient (Wildman–Crippen LogP) is 1.38. The molecule has 16 nitrogen and oxygen atoms in total. The molecule has 9 atom stereocenters. The van der Waals surface area contributed by atoms with Gasteiger partial charge in [0.25, 0.3) is 0 Å². The molecule has 0 radical (unpaired) electrons. The smallest absolute Gasteiger partial charge is 0.329 e. The molecule has 3 aliphatic heterocycles. The third-order valence-corrected chi connectivity index (χ3v) is 10.7. The van der Waals surface area contributed by atoms with Gasteiger partial charge in [-0.2, -0.15) is 0 Å². The van der Waals surface area contributed by atoms with Crippen molar-refractivity contribution < 1.29 is 52.2 Å². The van der Waals surface area contributed by atoms with Gasteiger partial charge >= 0.3 is 12.0 Å². The number of aryl methyl sites for hydroxylation is 1. The number of cyclic esters (lactones) is 1. The molecule has 5 rings (SSSR count). The lowest BCUT2D eigenvalue weighted by atomic mass is 10.0. The van der Waals surface area contributed by atoms with Gasteiger partial charge in [0.05, 0.1) is 6.10 Å². The van der Waals surface area contributed by atoms with E-state index in [0.717, 1.165) is 22.6 Å². The summed E-state index contributed by atoms with van der Waals surface area (Å²) >= 11 is 0. The maximum absolute atomic E-state index is 14.6. The molecule has 314 valence electrons. The number of rotatable bonds is 7. The normalized spacial score (nSPS) is 26.9. The maximum Gasteiger partial charge on any atom is 0.329 e. The lowest BCUT2D eigenvalue weighted by molar-refractivity contribution is -0.163. The number of aliphatic hydroxyl groups excluding tert-OH is 1. The number of amides is 7. The Bertz CT molecular complexity index is 1890. The van der Waals surface area contributed by atoms with Crippen LogP contribution in [-0.2, 0) is 39.9 Å². The number of likely N-dealkylation sites (N-methyl/N-ethyl adjacent to an activating group) is 1. The summed E-state index contributed by atoms with van der Waals surface area (Å²) in [5.74, 6) is -6.91. The summed E-state index contributed by atoms with van der Waals surface area (Å²) < 4.78 is 34.4. The molecule has 58 heavy (non-hydrogen) atoms. The molecule has 3 saturated heterocycles. The van der Waals surface area contributed by atoms with Crippen LogP contribution in [0.2, 0.25) is 0 Å². The predicted molar refractivity (Wildman–Crippen MR) is 205 cm³/mol. The van der Waals surface area contributed by atoms with E-state index in [9.17, 15) is 47.4 Å². The second kappa shape index (κ2) is 18.3. The Labute approximate surface area is 335 Å². The van der Waals surface area contributed by atoms with Crippen molar-refractivity contribution >= 4 is 47.2 Å². The van der Waals surface area contributed by atoms with Crippen molar-refractivity contribution in [1.82, 2.24) is 30.7 Å². The number of aliphatic hydroxyl groups is 1. The molecule has 0 spiro atoms. The number of carbonyl (C=O) groups excluding carboxylic acids is 7. The van der Waals surface area contributed by atoms with E-state index >= 15 is 0 Å². The molecule has 3 fully saturated rings. The number of ether oxygens (including phenoxy) is 1. The number of nitrogens with one attached hydrogen (secondary N) is 4. The maximum atomic E-state index is 14.6. The van der Waals surface area contributed by atoms with Gasteiger partial charge in [0.2, 0.25) is 29.5 Å². The Kier molecular flexibility index (Phi) is 13.7. The van der Waals surface area contributed by atoms with E-state index in [1.807, 2.05) is 13.8 Å². The van der Waals surface area contributed by atoms with Gasteiger partial charge in [-0.05, 0) is 82.7 Å². The van der Waals surface area contributed by atoms with Crippen molar-refractivity contribution in [2.24, 2.45) is 5.92 Å². The van der Waals surface area contributed by atoms with Crippen molar-refractivity contribution in [3.8, 4) is 0 Å². The number of hydrogen-bond donors (Lipinski definition) is 5. The number of esters is 1. The van der Waals surface area contributed by atoms with Crippen LogP contribution < -0.4 is 21.3 Å². The lowest BCUT2D eigenvalue weighted by Crippen LogP contribution is -2.63. The van der Waals surface area contributed by atoms with E-state index < -0.39 is 108 Å². The first-order valence-electron chi connectivity index (χ1n) is 19.3. The zero-order valence-electron chi connectivity index (χ0n) is 33.3. The number of halogens is 2. The minimum absolute atomic E-state index is 0.00337. The molecule has 7 amide bonds. The van der Waals surface area contributed by atoms with Crippen LogP contribution in [-0.4, -0.2) is 130 Å². The Morgan fingerprint density at radius 2 is 1.60 bits per heavy atom. The molecule has 5 N–H and O–H groups in total. The molecule has 0 saturated carbocycles. The monoisotopic (exact) mass is 811 g/mol. The van der Waals surface area contributed by atoms with E-state index in [-0.39, 0.29) is 37.4 Å². The standard InChI is InChI=1S/C40H51F2N7O9/c1-20-9-11-28(12-10-20)44-40(57)45-29(17-25-15-26(41)18-27(42)16-25)34(51)46-32-24(5)58-39(56)31-14-21(2)19-49(31)36(53)22(3)43-35(52)33(23(4)50)47(6)37(54)30-8-7-13-48(30)38(32)55/h9-12,15-16,18,21-24,29-33,50H,7-8,13-14,17,19H2,1-6H3,(H,43,52)(H,46,51)(H2,44,45,57)/t21-,22+,23+,24+,29+,30?,31?,32+,33+/m1/s1. The van der Waals surface area contributed by atoms with Gasteiger partial charge in [-0.3, -0.25) is 24.0 Å². The van der Waals surface area contributed by atoms with Gasteiger partial charge < -0.3 is 45.8 Å². The number of hydrogen-bond acceptors (Lipinski definition) is 9. The first-order chi connectivity index (χ1) is 27.3. The molecule has 0 aromatic heterocycles. The average Bonchev–Trinajstić information content (AvgIpc) is 3.80. The van der Waals surface area contributed by atoms with Gasteiger partial charge in [0.15, 0.2) is 0 Å². The van der Waals surface area contributed by atoms with Crippen molar-refractivity contribution in [2.75, 3.05) is 25.5 Å². The zero-order chi connectivity index (χ0) is 42.6. The summed E-state index contributed by atoms with van der Waals surface area (Å²) in [6.07, 6.45) is -2.58. The third-order valence-electron chi connectivity index (χ3n) is 10.7. The van der Waals surface area contributed by atoms with E-state index in [1.165, 1.54) is 37.6 Å². The Morgan fingerprint density at radius 3 is 2.24 bits per heavy atom. The van der Waals surface area contributed by atoms with E-state index in [1.54, 1.807) is 24.3 Å². The van der Waals surface area contributed by atoms with Crippen LogP contribution in [0.25, 0.3) is 0 Å². The zero-order valence-corrected chi connectivity index (χ0v) is 33.3. The van der Waals surface area contributed by atoms with Gasteiger partial charge in [-0.1, -0.05) is 24.6 Å². The number of fused-ring (bicyclic) bond motifs is 2. The van der Waals surface area contributed by atoms with E-state index in [2.05, 4.69) is 21.3 Å². The van der Waals surface area contributed by atoms with E-state index in [0.29, 0.717) is 18.2 Å². The quantitative estimate of drug-likeness (QED) is 0.256. The molecule has 2 unspecified atom stereocenters. The molecular formula is C40H51F2N7O9. The highest BCUT2D eigenvalue weighted by atomic mass is 19.1. The van der Waals surface area contributed by atoms with Gasteiger partial charge in [0.1, 0.15) is 54.0 Å². The molecule has 2 aromatic carbocycles. The fourth-order valence-electron chi connectivity index (χ4n) is 7.78. The van der Waals surface area contributed by atoms with Crippen LogP contribution in [0.4, 0.5) is 19.3 Å². The topological polar surface area (TPSA) is 207 Å². The van der Waals surface area contributed by atoms with Crippen LogP contribution in [0.15, 0.2) is 42.5 Å². The summed E-state index contributed by atoms with van der Waals surface area (Å²) in [4.78, 5) is 101. The molecule has 18 heteroatoms. The van der Waals surface area contributed by atoms with Crippen molar-refractivity contribution in [2.45, 2.75) is 109 Å². The summed E-state index contributed by atoms with van der Waals surface area (Å²) in [5, 5.41) is 20.9. The summed E-state index contributed by atoms with van der Waals surface area (Å²) in [6.45, 7) is 7.92. The number of urea groups is 1. The summed E-state index contributed by atoms with van der Waals surface area (Å²) in [6, 6.07) is 0.333. The molecule has 3 heterocycles. The van der Waals surface area contributed by atoms with Crippen LogP contribution in [0.5, 0.6) is 0 Å². The molecule has 3 aliphatic rings. The third kappa shape index (κ3) is 10.1. The fraction of sp³-hybridized carbons (Fsp3) is 0.525. The summed E-state index contributed by atoms with van der Waals surface area (Å²) in [5.41, 5.74) is 1.29. The number of carbonyl (C=O) groups is 7. The first kappa shape index (κ1) is 43.5. The van der Waals surface area contributed by atoms with Crippen molar-refractivity contribution in [3.05, 3.63) is 65.2 Å². The average molecular weight is 812 g/mol. The highest BCUT2D eigenvalue weighted by Crippen LogP contribution is 2.27. The fourth-order valence-corrected chi connectivity index (χ4v) is 7.78. The van der Waals surface area contributed by atoms with Crippen LogP contribution in [0, 0.1) is 24.5 Å². The number of nitrogens with zero attached hydrogens (tertiary/aromatic N) is 3. The van der Waals surface area contributed by atoms with Crippen molar-refractivity contribution in [1.29, 1.82) is 0 Å². The minimum atomic E-state index is -1.69. The van der Waals surface area contributed by atoms with Gasteiger partial charge in [0, 0.05) is 38.3 Å². The van der Waals surface area contributed by atoms with Crippen LogP contribution in [0.3, 0.4) is 0 Å². The highest BCUT2D eigenvalue weighted by molar-refractivity contribution is 5.98. The molecule has 2 aromatic rings.